The van der Waals surface area contributed by atoms with Crippen molar-refractivity contribution in [1.82, 2.24) is 0 Å². The number of carboxylic acid groups (broad SMARTS) is 1. The molecular weight excluding hydrogens is 314 g/mol. The highest BCUT2D eigenvalue weighted by molar-refractivity contribution is 5.63. The second kappa shape index (κ2) is 19.7. The van der Waals surface area contributed by atoms with Crippen LogP contribution in [0.15, 0.2) is 0 Å². The summed E-state index contributed by atoms with van der Waals surface area (Å²) >= 11 is 0. The van der Waals surface area contributed by atoms with E-state index in [1.165, 1.54) is 58.0 Å². The minimum Gasteiger partial charge on any atom is -0.550 e. The molecule has 0 aromatic rings. The fourth-order valence-electron chi connectivity index (χ4n) is 2.55. The predicted molar refractivity (Wildman–Crippen MR) is 105 cm³/mol. The van der Waals surface area contributed by atoms with E-state index >= 15 is 0 Å². The van der Waals surface area contributed by atoms with Crippen LogP contribution in [0.4, 0.5) is 0 Å². The summed E-state index contributed by atoms with van der Waals surface area (Å²) in [5, 5.41) is 10.1. The first-order chi connectivity index (χ1) is 12.0. The number of rotatable bonds is 16. The molecule has 4 heteroatoms. The first-order valence-corrected chi connectivity index (χ1v) is 10.6. The van der Waals surface area contributed by atoms with E-state index < -0.39 is 5.97 Å². The van der Waals surface area contributed by atoms with Gasteiger partial charge < -0.3 is 19.1 Å². The zero-order valence-corrected chi connectivity index (χ0v) is 17.8. The van der Waals surface area contributed by atoms with Crippen LogP contribution in [0.5, 0.6) is 0 Å². The van der Waals surface area contributed by atoms with Crippen molar-refractivity contribution in [1.29, 1.82) is 0 Å². The van der Waals surface area contributed by atoms with Gasteiger partial charge in [0.15, 0.2) is 0 Å². The summed E-state index contributed by atoms with van der Waals surface area (Å²) in [5.41, 5.74) is 0. The molecule has 0 aliphatic rings. The lowest BCUT2D eigenvalue weighted by Gasteiger charge is -2.31. The Morgan fingerprint density at radius 3 is 1.72 bits per heavy atom. The van der Waals surface area contributed by atoms with Gasteiger partial charge in [-0.25, -0.2) is 0 Å². The van der Waals surface area contributed by atoms with Crippen LogP contribution in [0.1, 0.15) is 91.9 Å². The fourth-order valence-corrected chi connectivity index (χ4v) is 2.55. The van der Waals surface area contributed by atoms with E-state index in [1.807, 2.05) is 6.92 Å². The van der Waals surface area contributed by atoms with Crippen molar-refractivity contribution in [3.63, 3.8) is 0 Å². The highest BCUT2D eigenvalue weighted by Crippen LogP contribution is 2.10. The summed E-state index contributed by atoms with van der Waals surface area (Å²) in [7, 11) is 2.28. The quantitative estimate of drug-likeness (QED) is 0.307. The summed E-state index contributed by atoms with van der Waals surface area (Å²) in [6.45, 7) is 14.0. The van der Waals surface area contributed by atoms with Crippen LogP contribution in [0.2, 0.25) is 0 Å². The van der Waals surface area contributed by atoms with Crippen LogP contribution < -0.4 is 5.11 Å². The lowest BCUT2D eigenvalue weighted by atomic mass is 10.1. The largest absolute Gasteiger partial charge is 0.550 e. The number of unbranched alkanes of at least 4 members (excludes halogenated alkanes) is 8. The third kappa shape index (κ3) is 21.3. The molecule has 0 N–H and O–H groups in total. The Morgan fingerprint density at radius 1 is 0.840 bits per heavy atom. The Bertz CT molecular complexity index is 278. The molecule has 0 atom stereocenters. The lowest BCUT2D eigenvalue weighted by molar-refractivity contribution is -0.906. The Morgan fingerprint density at radius 2 is 1.32 bits per heavy atom. The van der Waals surface area contributed by atoms with Gasteiger partial charge in [0.1, 0.15) is 6.54 Å². The van der Waals surface area contributed by atoms with Crippen LogP contribution in [-0.4, -0.2) is 50.3 Å². The maximum absolute atomic E-state index is 10.1. The first kappa shape index (κ1) is 26.6. The van der Waals surface area contributed by atoms with Gasteiger partial charge in [0.2, 0.25) is 0 Å². The van der Waals surface area contributed by atoms with Crippen molar-refractivity contribution in [2.24, 2.45) is 0 Å². The minimum atomic E-state index is -0.909. The zero-order valence-electron chi connectivity index (χ0n) is 17.8. The molecule has 0 fully saturated rings. The maximum Gasteiger partial charge on any atom is 0.102 e. The molecule has 0 heterocycles. The number of ether oxygens (including phenoxy) is 1. The molecule has 0 unspecified atom stereocenters. The van der Waals surface area contributed by atoms with Gasteiger partial charge in [0, 0.05) is 12.6 Å². The zero-order chi connectivity index (χ0) is 19.4. The van der Waals surface area contributed by atoms with Crippen molar-refractivity contribution in [3.05, 3.63) is 0 Å². The van der Waals surface area contributed by atoms with Crippen molar-refractivity contribution in [2.75, 3.05) is 39.9 Å². The monoisotopic (exact) mass is 359 g/mol. The lowest BCUT2D eigenvalue weighted by Crippen LogP contribution is -2.45. The molecule has 0 bridgehead atoms. The van der Waals surface area contributed by atoms with Gasteiger partial charge >= 0.3 is 0 Å². The molecule has 0 spiro atoms. The molecule has 152 valence electrons. The Labute approximate surface area is 157 Å². The summed E-state index contributed by atoms with van der Waals surface area (Å²) in [6, 6.07) is 0. The van der Waals surface area contributed by atoms with Crippen LogP contribution in [-0.2, 0) is 9.53 Å². The summed E-state index contributed by atoms with van der Waals surface area (Å²) < 4.78 is 6.44. The topological polar surface area (TPSA) is 49.4 Å². The number of carbonyl (C=O) groups excluding carboxylic acids is 1. The maximum atomic E-state index is 10.1. The van der Waals surface area contributed by atoms with Gasteiger partial charge in [-0.05, 0) is 33.6 Å². The number of carbonyl (C=O) groups is 1. The van der Waals surface area contributed by atoms with Gasteiger partial charge in [-0.15, -0.1) is 0 Å². The summed E-state index contributed by atoms with van der Waals surface area (Å²) in [5.74, 6) is -0.909. The Balaban J connectivity index is 0. The van der Waals surface area contributed by atoms with E-state index in [-0.39, 0.29) is 6.42 Å². The predicted octanol–water partition coefficient (Wildman–Crippen LogP) is 4.17. The van der Waals surface area contributed by atoms with Crippen LogP contribution >= 0.6 is 0 Å². The second-order valence-corrected chi connectivity index (χ2v) is 7.12. The third-order valence-corrected chi connectivity index (χ3v) is 4.99. The standard InChI is InChI=1S/C12H24O2.C9H22NO/c1-2-3-4-5-6-7-8-9-10-11-12(13)14;1-5-10(4,6-2)8-9-11-7-3/h2-11H2,1H3,(H,13,14);5-9H2,1-4H3/q;+1/p-1. The normalized spacial score (nSPS) is 11.1. The summed E-state index contributed by atoms with van der Waals surface area (Å²) in [4.78, 5) is 10.1. The number of nitrogens with zero attached hydrogens (tertiary/aromatic N) is 1. The SMILES string of the molecule is CCCCCCCCCCCC(=O)[O-].CCOCC[N+](C)(CC)CC. The number of likely N-dealkylation sites (N-methyl/N-ethyl adjacent to an activating group) is 1. The molecule has 0 aromatic carbocycles. The Hall–Kier alpha value is -0.610. The molecule has 0 amide bonds. The van der Waals surface area contributed by atoms with Gasteiger partial charge in [-0.1, -0.05) is 58.3 Å². The third-order valence-electron chi connectivity index (χ3n) is 4.99. The summed E-state index contributed by atoms with van der Waals surface area (Å²) in [6.07, 6.45) is 11.2. The number of aliphatic carboxylic acids is 1. The molecule has 0 saturated carbocycles. The van der Waals surface area contributed by atoms with Gasteiger partial charge in [-0.2, -0.15) is 0 Å². The van der Waals surface area contributed by atoms with E-state index in [0.29, 0.717) is 0 Å². The Kier molecular flexibility index (Phi) is 21.0. The average Bonchev–Trinajstić information content (AvgIpc) is 2.60. The number of quaternary nitrogens is 1. The molecular formula is C21H45NO3. The smallest absolute Gasteiger partial charge is 0.102 e. The fraction of sp³-hybridized carbons (Fsp3) is 0.952. The van der Waals surface area contributed by atoms with E-state index in [4.69, 9.17) is 4.74 Å². The minimum absolute atomic E-state index is 0.232. The van der Waals surface area contributed by atoms with E-state index in [0.717, 1.165) is 37.1 Å². The highest BCUT2D eigenvalue weighted by Gasteiger charge is 2.14. The van der Waals surface area contributed by atoms with Crippen molar-refractivity contribution in [2.45, 2.75) is 91.9 Å². The van der Waals surface area contributed by atoms with Gasteiger partial charge in [-0.3, -0.25) is 0 Å². The molecule has 0 rings (SSSR count). The molecule has 0 aliphatic heterocycles. The molecule has 25 heavy (non-hydrogen) atoms. The number of hydrogen-bond donors (Lipinski definition) is 0. The van der Waals surface area contributed by atoms with Crippen molar-refractivity contribution < 1.29 is 19.1 Å². The van der Waals surface area contributed by atoms with E-state index in [2.05, 4.69) is 27.8 Å². The van der Waals surface area contributed by atoms with Crippen molar-refractivity contribution >= 4 is 5.97 Å². The average molecular weight is 360 g/mol. The van der Waals surface area contributed by atoms with E-state index in [9.17, 15) is 9.90 Å². The number of hydrogen-bond acceptors (Lipinski definition) is 3. The molecule has 0 radical (unpaired) electrons. The number of carboxylic acids is 1. The van der Waals surface area contributed by atoms with Crippen LogP contribution in [0, 0.1) is 0 Å². The second-order valence-electron chi connectivity index (χ2n) is 7.12. The van der Waals surface area contributed by atoms with Crippen LogP contribution in [0.25, 0.3) is 0 Å². The molecule has 0 saturated heterocycles. The van der Waals surface area contributed by atoms with Crippen LogP contribution in [0.3, 0.4) is 0 Å². The highest BCUT2D eigenvalue weighted by atomic mass is 16.5. The van der Waals surface area contributed by atoms with Gasteiger partial charge in [0.25, 0.3) is 0 Å². The molecule has 4 nitrogen and oxygen atoms in total. The first-order valence-electron chi connectivity index (χ1n) is 10.6. The van der Waals surface area contributed by atoms with E-state index in [1.54, 1.807) is 0 Å². The van der Waals surface area contributed by atoms with Crippen molar-refractivity contribution in [3.8, 4) is 0 Å². The van der Waals surface area contributed by atoms with Gasteiger partial charge in [0.05, 0.1) is 26.7 Å². The molecule has 0 aliphatic carbocycles. The molecule has 0 aromatic heterocycles.